The van der Waals surface area contributed by atoms with Gasteiger partial charge in [-0.25, -0.2) is 9.97 Å². The number of nitrogens with zero attached hydrogens (tertiary/aromatic N) is 2. The van der Waals surface area contributed by atoms with Gasteiger partial charge < -0.3 is 20.5 Å². The minimum atomic E-state index is 0.373. The van der Waals surface area contributed by atoms with Crippen molar-refractivity contribution in [3.63, 3.8) is 0 Å². The molecule has 0 amide bonds. The van der Waals surface area contributed by atoms with Crippen molar-refractivity contribution >= 4 is 11.6 Å². The molecule has 0 saturated carbocycles. The number of rotatable bonds is 7. The highest BCUT2D eigenvalue weighted by molar-refractivity contribution is 5.44. The molecular weight excluding hydrogens is 256 g/mol. The molecule has 0 aromatic carbocycles. The third kappa shape index (κ3) is 4.94. The Labute approximate surface area is 120 Å². The first-order valence-electron chi connectivity index (χ1n) is 7.34. The van der Waals surface area contributed by atoms with Gasteiger partial charge in [-0.3, -0.25) is 0 Å². The average molecular weight is 280 g/mol. The van der Waals surface area contributed by atoms with E-state index in [9.17, 15) is 0 Å². The second-order valence-electron chi connectivity index (χ2n) is 4.94. The predicted octanol–water partition coefficient (Wildman–Crippen LogP) is 1.97. The zero-order valence-corrected chi connectivity index (χ0v) is 12.1. The third-order valence-electron chi connectivity index (χ3n) is 3.27. The lowest BCUT2D eigenvalue weighted by Crippen LogP contribution is -2.22. The Morgan fingerprint density at radius 2 is 2.35 bits per heavy atom. The molecule has 2 rings (SSSR count). The van der Waals surface area contributed by atoms with Crippen molar-refractivity contribution in [2.75, 3.05) is 30.8 Å². The number of aromatic nitrogens is 2. The monoisotopic (exact) mass is 280 g/mol. The maximum Gasteiger partial charge on any atom is 0.158 e. The predicted molar refractivity (Wildman–Crippen MR) is 78.5 cm³/mol. The Kier molecular flexibility index (Phi) is 6.01. The molecule has 0 radical (unpaired) electrons. The van der Waals surface area contributed by atoms with E-state index in [-0.39, 0.29) is 0 Å². The quantitative estimate of drug-likeness (QED) is 0.794. The summed E-state index contributed by atoms with van der Waals surface area (Å²) in [5.74, 6) is 1.83. The van der Waals surface area contributed by atoms with Crippen LogP contribution < -0.4 is 11.1 Å². The van der Waals surface area contributed by atoms with Crippen molar-refractivity contribution in [2.24, 2.45) is 0 Å². The zero-order valence-electron chi connectivity index (χ0n) is 12.1. The summed E-state index contributed by atoms with van der Waals surface area (Å²) in [7, 11) is 0. The highest BCUT2D eigenvalue weighted by atomic mass is 16.5. The normalized spacial score (nSPS) is 18.9. The van der Waals surface area contributed by atoms with Crippen LogP contribution in [0.25, 0.3) is 0 Å². The van der Waals surface area contributed by atoms with E-state index in [2.05, 4.69) is 15.3 Å². The number of nitrogens with two attached hydrogens (primary N) is 1. The molecule has 0 aliphatic carbocycles. The van der Waals surface area contributed by atoms with Crippen molar-refractivity contribution < 1.29 is 9.47 Å². The number of ether oxygens (including phenoxy) is 2. The number of anilines is 2. The van der Waals surface area contributed by atoms with Crippen LogP contribution in [0.4, 0.5) is 11.6 Å². The highest BCUT2D eigenvalue weighted by Gasteiger charge is 2.13. The fourth-order valence-corrected chi connectivity index (χ4v) is 2.26. The second kappa shape index (κ2) is 8.01. The van der Waals surface area contributed by atoms with Crippen molar-refractivity contribution in [1.82, 2.24) is 9.97 Å². The van der Waals surface area contributed by atoms with E-state index < -0.39 is 0 Å². The first kappa shape index (κ1) is 15.0. The van der Waals surface area contributed by atoms with Gasteiger partial charge in [-0.15, -0.1) is 0 Å². The third-order valence-corrected chi connectivity index (χ3v) is 3.27. The molecule has 3 N–H and O–H groups in total. The average Bonchev–Trinajstić information content (AvgIpc) is 2.46. The molecule has 1 aliphatic rings. The summed E-state index contributed by atoms with van der Waals surface area (Å²) >= 11 is 0. The molecule has 0 bridgehead atoms. The molecule has 2 heterocycles. The Morgan fingerprint density at radius 3 is 3.10 bits per heavy atom. The van der Waals surface area contributed by atoms with E-state index in [0.717, 1.165) is 31.8 Å². The Bertz CT molecular complexity index is 408. The summed E-state index contributed by atoms with van der Waals surface area (Å²) in [6.07, 6.45) is 4.98. The Balaban J connectivity index is 1.80. The molecule has 0 spiro atoms. The van der Waals surface area contributed by atoms with Gasteiger partial charge in [0.15, 0.2) is 5.82 Å². The molecule has 1 aromatic rings. The van der Waals surface area contributed by atoms with Crippen LogP contribution in [0.15, 0.2) is 6.07 Å². The van der Waals surface area contributed by atoms with E-state index >= 15 is 0 Å². The SMILES string of the molecule is CCOCc1nc(N)cc(NCCC2CCCCO2)n1. The Hall–Kier alpha value is -1.40. The van der Waals surface area contributed by atoms with Crippen LogP contribution in [0, 0.1) is 0 Å². The van der Waals surface area contributed by atoms with Gasteiger partial charge in [0.2, 0.25) is 0 Å². The Morgan fingerprint density at radius 1 is 1.45 bits per heavy atom. The van der Waals surface area contributed by atoms with Crippen LogP contribution in [-0.2, 0) is 16.1 Å². The second-order valence-corrected chi connectivity index (χ2v) is 4.94. The number of hydrogen-bond acceptors (Lipinski definition) is 6. The summed E-state index contributed by atoms with van der Waals surface area (Å²) in [6.45, 7) is 4.69. The molecule has 1 aromatic heterocycles. The zero-order chi connectivity index (χ0) is 14.2. The fourth-order valence-electron chi connectivity index (χ4n) is 2.26. The van der Waals surface area contributed by atoms with Crippen LogP contribution in [0.1, 0.15) is 38.4 Å². The molecule has 1 aliphatic heterocycles. The van der Waals surface area contributed by atoms with Crippen LogP contribution in [0.3, 0.4) is 0 Å². The van der Waals surface area contributed by atoms with Gasteiger partial charge in [-0.2, -0.15) is 0 Å². The molecule has 1 atom stereocenters. The van der Waals surface area contributed by atoms with E-state index in [1.165, 1.54) is 12.8 Å². The standard InChI is InChI=1S/C14H24N4O2/c1-2-19-10-14-17-12(15)9-13(18-14)16-7-6-11-5-3-4-8-20-11/h9,11H,2-8,10H2,1H3,(H3,15,16,17,18). The van der Waals surface area contributed by atoms with Gasteiger partial charge in [-0.05, 0) is 32.6 Å². The smallest absolute Gasteiger partial charge is 0.158 e. The maximum atomic E-state index is 5.77. The minimum Gasteiger partial charge on any atom is -0.384 e. The van der Waals surface area contributed by atoms with Crippen LogP contribution >= 0.6 is 0 Å². The molecule has 20 heavy (non-hydrogen) atoms. The summed E-state index contributed by atoms with van der Waals surface area (Å²) in [6, 6.07) is 1.75. The van der Waals surface area contributed by atoms with Crippen molar-refractivity contribution in [3.05, 3.63) is 11.9 Å². The molecule has 1 fully saturated rings. The van der Waals surface area contributed by atoms with Gasteiger partial charge in [0, 0.05) is 25.8 Å². The number of nitrogen functional groups attached to an aromatic ring is 1. The number of nitrogens with one attached hydrogen (secondary N) is 1. The highest BCUT2D eigenvalue weighted by Crippen LogP contribution is 2.16. The lowest BCUT2D eigenvalue weighted by atomic mass is 10.1. The first-order chi connectivity index (χ1) is 9.78. The molecule has 6 heteroatoms. The van der Waals surface area contributed by atoms with E-state index in [0.29, 0.717) is 31.0 Å². The molecule has 112 valence electrons. The minimum absolute atomic E-state index is 0.373. The van der Waals surface area contributed by atoms with Crippen LogP contribution in [0.2, 0.25) is 0 Å². The first-order valence-corrected chi connectivity index (χ1v) is 7.34. The summed E-state index contributed by atoms with van der Waals surface area (Å²) in [5, 5.41) is 3.28. The number of hydrogen-bond donors (Lipinski definition) is 2. The molecule has 1 unspecified atom stereocenters. The lowest BCUT2D eigenvalue weighted by molar-refractivity contribution is 0.0134. The van der Waals surface area contributed by atoms with Crippen LogP contribution in [-0.4, -0.2) is 35.8 Å². The fraction of sp³-hybridized carbons (Fsp3) is 0.714. The van der Waals surface area contributed by atoms with E-state index in [1.807, 2.05) is 6.92 Å². The van der Waals surface area contributed by atoms with Gasteiger partial charge in [0.25, 0.3) is 0 Å². The van der Waals surface area contributed by atoms with Gasteiger partial charge >= 0.3 is 0 Å². The van der Waals surface area contributed by atoms with E-state index in [4.69, 9.17) is 15.2 Å². The topological polar surface area (TPSA) is 82.3 Å². The largest absolute Gasteiger partial charge is 0.384 e. The van der Waals surface area contributed by atoms with Crippen LogP contribution in [0.5, 0.6) is 0 Å². The maximum absolute atomic E-state index is 5.77. The van der Waals surface area contributed by atoms with Gasteiger partial charge in [-0.1, -0.05) is 0 Å². The molecule has 1 saturated heterocycles. The van der Waals surface area contributed by atoms with Crippen molar-refractivity contribution in [2.45, 2.75) is 45.3 Å². The summed E-state index contributed by atoms with van der Waals surface area (Å²) < 4.78 is 11.0. The van der Waals surface area contributed by atoms with Crippen molar-refractivity contribution in [1.29, 1.82) is 0 Å². The molecule has 6 nitrogen and oxygen atoms in total. The van der Waals surface area contributed by atoms with E-state index in [1.54, 1.807) is 6.07 Å². The summed E-state index contributed by atoms with van der Waals surface area (Å²) in [5.41, 5.74) is 5.77. The summed E-state index contributed by atoms with van der Waals surface area (Å²) in [4.78, 5) is 8.53. The van der Waals surface area contributed by atoms with Crippen molar-refractivity contribution in [3.8, 4) is 0 Å². The van der Waals surface area contributed by atoms with Gasteiger partial charge in [0.1, 0.15) is 18.2 Å². The molecular formula is C14H24N4O2. The van der Waals surface area contributed by atoms with Gasteiger partial charge in [0.05, 0.1) is 6.10 Å². The lowest BCUT2D eigenvalue weighted by Gasteiger charge is -2.22.